The first-order valence-corrected chi connectivity index (χ1v) is 10.7. The third-order valence-corrected chi connectivity index (χ3v) is 6.60. The SMILES string of the molecule is CCC[C@@H]1N(C(=O)CCCN2CCOCC2)CC[C@]12C(=O)Nc1ccccc12. The van der Waals surface area contributed by atoms with Gasteiger partial charge >= 0.3 is 0 Å². The Morgan fingerprint density at radius 2 is 2.04 bits per heavy atom. The molecule has 0 saturated carbocycles. The predicted octanol–water partition coefficient (Wildman–Crippen LogP) is 2.39. The third-order valence-electron chi connectivity index (χ3n) is 6.60. The van der Waals surface area contributed by atoms with Gasteiger partial charge in [0.25, 0.3) is 0 Å². The largest absolute Gasteiger partial charge is 0.379 e. The van der Waals surface area contributed by atoms with Crippen molar-refractivity contribution in [2.45, 2.75) is 50.5 Å². The highest BCUT2D eigenvalue weighted by molar-refractivity contribution is 6.07. The Kier molecular flexibility index (Phi) is 5.69. The lowest BCUT2D eigenvalue weighted by atomic mass is 9.73. The van der Waals surface area contributed by atoms with Crippen LogP contribution in [0.15, 0.2) is 24.3 Å². The number of likely N-dealkylation sites (tertiary alicyclic amines) is 1. The Bertz CT molecular complexity index is 731. The van der Waals surface area contributed by atoms with E-state index in [1.54, 1.807) is 0 Å². The number of nitrogens with zero attached hydrogens (tertiary/aromatic N) is 2. The smallest absolute Gasteiger partial charge is 0.237 e. The van der Waals surface area contributed by atoms with Crippen LogP contribution in [0.2, 0.25) is 0 Å². The van der Waals surface area contributed by atoms with Gasteiger partial charge in [-0.2, -0.15) is 0 Å². The molecule has 1 aromatic carbocycles. The summed E-state index contributed by atoms with van der Waals surface area (Å²) in [4.78, 5) is 30.5. The molecule has 152 valence electrons. The van der Waals surface area contributed by atoms with Crippen molar-refractivity contribution in [1.82, 2.24) is 9.80 Å². The van der Waals surface area contributed by atoms with E-state index in [9.17, 15) is 9.59 Å². The van der Waals surface area contributed by atoms with Crippen molar-refractivity contribution < 1.29 is 14.3 Å². The first kappa shape index (κ1) is 19.4. The van der Waals surface area contributed by atoms with E-state index in [1.807, 2.05) is 23.1 Å². The number of amides is 2. The van der Waals surface area contributed by atoms with Crippen LogP contribution in [0.4, 0.5) is 5.69 Å². The summed E-state index contributed by atoms with van der Waals surface area (Å²) in [6, 6.07) is 7.94. The Morgan fingerprint density at radius 1 is 1.25 bits per heavy atom. The fourth-order valence-electron chi connectivity index (χ4n) is 5.20. The van der Waals surface area contributed by atoms with E-state index in [2.05, 4.69) is 23.2 Å². The summed E-state index contributed by atoms with van der Waals surface area (Å²) in [5, 5.41) is 3.07. The van der Waals surface area contributed by atoms with Gasteiger partial charge in [-0.3, -0.25) is 14.5 Å². The minimum atomic E-state index is -0.577. The van der Waals surface area contributed by atoms with Crippen LogP contribution in [0.1, 0.15) is 44.6 Å². The van der Waals surface area contributed by atoms with Crippen LogP contribution < -0.4 is 5.32 Å². The van der Waals surface area contributed by atoms with E-state index in [1.165, 1.54) is 0 Å². The number of morpholine rings is 1. The van der Waals surface area contributed by atoms with Gasteiger partial charge < -0.3 is 15.0 Å². The number of carbonyl (C=O) groups is 2. The zero-order valence-electron chi connectivity index (χ0n) is 16.8. The Morgan fingerprint density at radius 3 is 2.82 bits per heavy atom. The minimum Gasteiger partial charge on any atom is -0.379 e. The molecular formula is C22H31N3O3. The normalized spacial score (nSPS) is 27.2. The average molecular weight is 386 g/mol. The van der Waals surface area contributed by atoms with Gasteiger partial charge in [-0.25, -0.2) is 0 Å². The Hall–Kier alpha value is -1.92. The number of rotatable bonds is 6. The molecule has 2 saturated heterocycles. The quantitative estimate of drug-likeness (QED) is 0.817. The van der Waals surface area contributed by atoms with Crippen LogP contribution in [0.25, 0.3) is 0 Å². The summed E-state index contributed by atoms with van der Waals surface area (Å²) in [7, 11) is 0. The highest BCUT2D eigenvalue weighted by Gasteiger charge is 2.58. The van der Waals surface area contributed by atoms with E-state index in [4.69, 9.17) is 4.74 Å². The molecule has 0 unspecified atom stereocenters. The van der Waals surface area contributed by atoms with Gasteiger partial charge in [0.2, 0.25) is 11.8 Å². The summed E-state index contributed by atoms with van der Waals surface area (Å²) in [6.07, 6.45) is 3.95. The van der Waals surface area contributed by atoms with Gasteiger partial charge in [0.1, 0.15) is 0 Å². The van der Waals surface area contributed by atoms with Crippen LogP contribution in [0.3, 0.4) is 0 Å². The molecule has 0 aromatic heterocycles. The lowest BCUT2D eigenvalue weighted by Crippen LogP contribution is -2.48. The van der Waals surface area contributed by atoms with Gasteiger partial charge in [-0.15, -0.1) is 0 Å². The number of benzene rings is 1. The van der Waals surface area contributed by atoms with E-state index < -0.39 is 5.41 Å². The van der Waals surface area contributed by atoms with E-state index >= 15 is 0 Å². The zero-order valence-corrected chi connectivity index (χ0v) is 16.8. The predicted molar refractivity (Wildman–Crippen MR) is 108 cm³/mol. The fraction of sp³-hybridized carbons (Fsp3) is 0.636. The lowest BCUT2D eigenvalue weighted by Gasteiger charge is -2.34. The van der Waals surface area contributed by atoms with Crippen LogP contribution in [-0.2, 0) is 19.7 Å². The van der Waals surface area contributed by atoms with Crippen LogP contribution in [-0.4, -0.2) is 67.0 Å². The molecule has 4 rings (SSSR count). The number of hydrogen-bond acceptors (Lipinski definition) is 4. The molecule has 3 aliphatic heterocycles. The van der Waals surface area contributed by atoms with Crippen molar-refractivity contribution in [1.29, 1.82) is 0 Å². The molecule has 0 bridgehead atoms. The second-order valence-corrected chi connectivity index (χ2v) is 8.17. The second kappa shape index (κ2) is 8.21. The molecule has 3 aliphatic rings. The summed E-state index contributed by atoms with van der Waals surface area (Å²) in [5.74, 6) is 0.261. The average Bonchev–Trinajstić information content (AvgIpc) is 3.23. The van der Waals surface area contributed by atoms with Gasteiger partial charge in [0.15, 0.2) is 0 Å². The highest BCUT2D eigenvalue weighted by Crippen LogP contribution is 2.49. The van der Waals surface area contributed by atoms with Crippen molar-refractivity contribution in [3.8, 4) is 0 Å². The number of ether oxygens (including phenoxy) is 1. The molecule has 6 heteroatoms. The van der Waals surface area contributed by atoms with Gasteiger partial charge in [-0.05, 0) is 37.4 Å². The highest BCUT2D eigenvalue weighted by atomic mass is 16.5. The maximum atomic E-state index is 13.1. The summed E-state index contributed by atoms with van der Waals surface area (Å²) in [6.45, 7) is 7.22. The fourth-order valence-corrected chi connectivity index (χ4v) is 5.20. The lowest BCUT2D eigenvalue weighted by molar-refractivity contribution is -0.133. The molecular weight excluding hydrogens is 354 g/mol. The van der Waals surface area contributed by atoms with Crippen LogP contribution in [0.5, 0.6) is 0 Å². The van der Waals surface area contributed by atoms with Crippen molar-refractivity contribution >= 4 is 17.5 Å². The number of nitrogens with one attached hydrogen (secondary N) is 1. The van der Waals surface area contributed by atoms with E-state index in [0.29, 0.717) is 13.0 Å². The molecule has 1 aromatic rings. The van der Waals surface area contributed by atoms with Crippen molar-refractivity contribution in [2.24, 2.45) is 0 Å². The van der Waals surface area contributed by atoms with Gasteiger partial charge in [-0.1, -0.05) is 31.5 Å². The number of para-hydroxylation sites is 1. The summed E-state index contributed by atoms with van der Waals surface area (Å²) >= 11 is 0. The number of carbonyl (C=O) groups excluding carboxylic acids is 2. The Labute approximate surface area is 167 Å². The topological polar surface area (TPSA) is 61.9 Å². The summed E-state index contributed by atoms with van der Waals surface area (Å²) < 4.78 is 5.39. The van der Waals surface area contributed by atoms with Gasteiger partial charge in [0.05, 0.1) is 24.7 Å². The molecule has 3 heterocycles. The number of anilines is 1. The molecule has 2 amide bonds. The molecule has 0 aliphatic carbocycles. The van der Waals surface area contributed by atoms with Crippen molar-refractivity contribution in [3.63, 3.8) is 0 Å². The number of hydrogen-bond donors (Lipinski definition) is 1. The maximum absolute atomic E-state index is 13.1. The van der Waals surface area contributed by atoms with Crippen molar-refractivity contribution in [3.05, 3.63) is 29.8 Å². The molecule has 2 fully saturated rings. The maximum Gasteiger partial charge on any atom is 0.237 e. The summed E-state index contributed by atoms with van der Waals surface area (Å²) in [5.41, 5.74) is 1.41. The van der Waals surface area contributed by atoms with Gasteiger partial charge in [0, 0.05) is 31.7 Å². The first-order valence-electron chi connectivity index (χ1n) is 10.7. The van der Waals surface area contributed by atoms with Crippen LogP contribution in [0, 0.1) is 0 Å². The first-order chi connectivity index (χ1) is 13.7. The second-order valence-electron chi connectivity index (χ2n) is 8.17. The zero-order chi connectivity index (χ0) is 19.6. The molecule has 6 nitrogen and oxygen atoms in total. The molecule has 1 N–H and O–H groups in total. The standard InChI is InChI=1S/C22H31N3O3/c1-2-6-19-22(17-7-3-4-8-18(17)23-21(22)27)10-12-25(19)20(26)9-5-11-24-13-15-28-16-14-24/h3-4,7-8,19H,2,5-6,9-16H2,1H3,(H,23,27)/t19-,22+/m0/s1. The molecule has 0 radical (unpaired) electrons. The number of fused-ring (bicyclic) bond motifs is 2. The third kappa shape index (κ3) is 3.33. The van der Waals surface area contributed by atoms with Crippen molar-refractivity contribution in [2.75, 3.05) is 44.7 Å². The monoisotopic (exact) mass is 385 g/mol. The Balaban J connectivity index is 1.46. The molecule has 1 spiro atoms. The molecule has 28 heavy (non-hydrogen) atoms. The van der Waals surface area contributed by atoms with E-state index in [0.717, 1.165) is 69.8 Å². The van der Waals surface area contributed by atoms with Crippen LogP contribution >= 0.6 is 0 Å². The molecule has 2 atom stereocenters. The minimum absolute atomic E-state index is 0.0444. The van der Waals surface area contributed by atoms with E-state index in [-0.39, 0.29) is 17.9 Å².